The van der Waals surface area contributed by atoms with Crippen molar-refractivity contribution >= 4 is 54.4 Å². The second-order valence-electron chi connectivity index (χ2n) is 4.81. The van der Waals surface area contributed by atoms with Crippen LogP contribution in [0.1, 0.15) is 26.2 Å². The summed E-state index contributed by atoms with van der Waals surface area (Å²) in [5, 5.41) is 5.48. The molecule has 1 saturated carbocycles. The van der Waals surface area contributed by atoms with Gasteiger partial charge < -0.3 is 5.32 Å². The highest BCUT2D eigenvalue weighted by Gasteiger charge is 2.27. The SMILES string of the molecule is CCSC1CCCC1Nc1nc2cc(Br)ccc2s1. The fourth-order valence-electron chi connectivity index (χ4n) is 2.63. The molecule has 0 bridgehead atoms. The van der Waals surface area contributed by atoms with Gasteiger partial charge in [-0.3, -0.25) is 0 Å². The summed E-state index contributed by atoms with van der Waals surface area (Å²) in [6, 6.07) is 6.89. The van der Waals surface area contributed by atoms with Gasteiger partial charge in [0.05, 0.1) is 10.2 Å². The summed E-state index contributed by atoms with van der Waals surface area (Å²) in [6.07, 6.45) is 3.95. The number of rotatable bonds is 4. The number of benzene rings is 1. The van der Waals surface area contributed by atoms with E-state index in [0.29, 0.717) is 6.04 Å². The average molecular weight is 357 g/mol. The standard InChI is InChI=1S/C14H17BrN2S2/c1-2-18-12-5-3-4-10(12)16-14-17-11-8-9(15)6-7-13(11)19-14/h6-8,10,12H,2-5H2,1H3,(H,16,17). The first-order chi connectivity index (χ1) is 9.26. The highest BCUT2D eigenvalue weighted by Crippen LogP contribution is 2.34. The second kappa shape index (κ2) is 6.02. The number of hydrogen-bond acceptors (Lipinski definition) is 4. The molecule has 2 unspecified atom stereocenters. The van der Waals surface area contributed by atoms with Gasteiger partial charge in [0.1, 0.15) is 0 Å². The third-order valence-electron chi connectivity index (χ3n) is 3.49. The smallest absolute Gasteiger partial charge is 0.184 e. The molecule has 2 nitrogen and oxygen atoms in total. The molecule has 1 aromatic heterocycles. The molecular formula is C14H17BrN2S2. The Labute approximate surface area is 130 Å². The predicted octanol–water partition coefficient (Wildman–Crippen LogP) is 5.14. The fourth-order valence-corrected chi connectivity index (χ4v) is 5.08. The molecule has 1 aromatic carbocycles. The highest BCUT2D eigenvalue weighted by molar-refractivity contribution is 9.10. The molecule has 1 fully saturated rings. The summed E-state index contributed by atoms with van der Waals surface area (Å²) in [4.78, 5) is 4.70. The number of thioether (sulfide) groups is 1. The maximum absolute atomic E-state index is 4.70. The summed E-state index contributed by atoms with van der Waals surface area (Å²) in [5.41, 5.74) is 1.08. The predicted molar refractivity (Wildman–Crippen MR) is 90.5 cm³/mol. The number of nitrogens with one attached hydrogen (secondary N) is 1. The number of aromatic nitrogens is 1. The van der Waals surface area contributed by atoms with Gasteiger partial charge in [-0.25, -0.2) is 4.98 Å². The van der Waals surface area contributed by atoms with Gasteiger partial charge in [0.15, 0.2) is 5.13 Å². The lowest BCUT2D eigenvalue weighted by Gasteiger charge is -2.19. The van der Waals surface area contributed by atoms with Crippen molar-refractivity contribution in [3.63, 3.8) is 0 Å². The van der Waals surface area contributed by atoms with Crippen molar-refractivity contribution in [3.8, 4) is 0 Å². The Morgan fingerprint density at radius 1 is 1.47 bits per heavy atom. The molecule has 2 atom stereocenters. The van der Waals surface area contributed by atoms with Gasteiger partial charge in [0.25, 0.3) is 0 Å². The number of halogens is 1. The molecular weight excluding hydrogens is 340 g/mol. The van der Waals surface area contributed by atoms with Crippen LogP contribution in [-0.4, -0.2) is 22.0 Å². The summed E-state index contributed by atoms with van der Waals surface area (Å²) in [5.74, 6) is 1.20. The van der Waals surface area contributed by atoms with Gasteiger partial charge in [0, 0.05) is 15.8 Å². The number of fused-ring (bicyclic) bond motifs is 1. The first-order valence-corrected chi connectivity index (χ1v) is 9.36. The van der Waals surface area contributed by atoms with Crippen LogP contribution in [0.4, 0.5) is 5.13 Å². The largest absolute Gasteiger partial charge is 0.358 e. The monoisotopic (exact) mass is 356 g/mol. The van der Waals surface area contributed by atoms with Crippen molar-refractivity contribution in [2.75, 3.05) is 11.1 Å². The quantitative estimate of drug-likeness (QED) is 0.820. The number of nitrogens with zero attached hydrogens (tertiary/aromatic N) is 1. The summed E-state index contributed by atoms with van der Waals surface area (Å²) >= 11 is 7.34. The summed E-state index contributed by atoms with van der Waals surface area (Å²) in [6.45, 7) is 2.25. The van der Waals surface area contributed by atoms with Crippen LogP contribution in [0.5, 0.6) is 0 Å². The highest BCUT2D eigenvalue weighted by atomic mass is 79.9. The zero-order valence-corrected chi connectivity index (χ0v) is 14.1. The van der Waals surface area contributed by atoms with Gasteiger partial charge in [-0.15, -0.1) is 0 Å². The minimum absolute atomic E-state index is 0.592. The Bertz CT molecular complexity index is 570. The molecule has 1 aliphatic carbocycles. The van der Waals surface area contributed by atoms with Crippen molar-refractivity contribution in [1.29, 1.82) is 0 Å². The van der Waals surface area contributed by atoms with Gasteiger partial charge in [-0.05, 0) is 36.8 Å². The van der Waals surface area contributed by atoms with Crippen LogP contribution < -0.4 is 5.32 Å². The molecule has 0 spiro atoms. The Morgan fingerprint density at radius 2 is 2.37 bits per heavy atom. The molecule has 5 heteroatoms. The lowest BCUT2D eigenvalue weighted by molar-refractivity contribution is 0.767. The third kappa shape index (κ3) is 3.09. The van der Waals surface area contributed by atoms with Gasteiger partial charge in [0.2, 0.25) is 0 Å². The lowest BCUT2D eigenvalue weighted by Crippen LogP contribution is -2.26. The van der Waals surface area contributed by atoms with E-state index in [2.05, 4.69) is 58.1 Å². The van der Waals surface area contributed by atoms with Crippen molar-refractivity contribution in [3.05, 3.63) is 22.7 Å². The number of hydrogen-bond donors (Lipinski definition) is 1. The lowest BCUT2D eigenvalue weighted by atomic mass is 10.2. The van der Waals surface area contributed by atoms with Crippen LogP contribution in [0.2, 0.25) is 0 Å². The molecule has 0 saturated heterocycles. The molecule has 0 aliphatic heterocycles. The molecule has 102 valence electrons. The van der Waals surface area contributed by atoms with Crippen LogP contribution >= 0.6 is 39.0 Å². The summed E-state index contributed by atoms with van der Waals surface area (Å²) in [7, 11) is 0. The number of anilines is 1. The first kappa shape index (κ1) is 13.7. The Balaban J connectivity index is 1.77. The summed E-state index contributed by atoms with van der Waals surface area (Å²) < 4.78 is 2.35. The van der Waals surface area contributed by atoms with Gasteiger partial charge in [-0.1, -0.05) is 40.6 Å². The molecule has 1 aliphatic rings. The van der Waals surface area contributed by atoms with Crippen molar-refractivity contribution in [2.24, 2.45) is 0 Å². The topological polar surface area (TPSA) is 24.9 Å². The Hall–Kier alpha value is -0.260. The van der Waals surface area contributed by atoms with E-state index >= 15 is 0 Å². The van der Waals surface area contributed by atoms with Gasteiger partial charge in [-0.2, -0.15) is 11.8 Å². The average Bonchev–Trinajstić information content (AvgIpc) is 2.97. The van der Waals surface area contributed by atoms with Crippen molar-refractivity contribution in [2.45, 2.75) is 37.5 Å². The van der Waals surface area contributed by atoms with E-state index < -0.39 is 0 Å². The minimum atomic E-state index is 0.592. The van der Waals surface area contributed by atoms with Crippen LogP contribution in [-0.2, 0) is 0 Å². The molecule has 1 heterocycles. The Morgan fingerprint density at radius 3 is 3.21 bits per heavy atom. The Kier molecular flexibility index (Phi) is 4.34. The van der Waals surface area contributed by atoms with Crippen LogP contribution in [0.25, 0.3) is 10.2 Å². The molecule has 0 amide bonds. The molecule has 1 N–H and O–H groups in total. The van der Waals surface area contributed by atoms with E-state index in [9.17, 15) is 0 Å². The zero-order valence-electron chi connectivity index (χ0n) is 10.9. The first-order valence-electron chi connectivity index (χ1n) is 6.70. The van der Waals surface area contributed by atoms with E-state index in [-0.39, 0.29) is 0 Å². The van der Waals surface area contributed by atoms with Crippen molar-refractivity contribution in [1.82, 2.24) is 4.98 Å². The van der Waals surface area contributed by atoms with E-state index in [4.69, 9.17) is 4.98 Å². The van der Waals surface area contributed by atoms with E-state index in [1.54, 1.807) is 11.3 Å². The van der Waals surface area contributed by atoms with E-state index in [1.165, 1.54) is 29.7 Å². The minimum Gasteiger partial charge on any atom is -0.358 e. The molecule has 3 rings (SSSR count). The third-order valence-corrected chi connectivity index (χ3v) is 6.28. The molecule has 19 heavy (non-hydrogen) atoms. The number of thiazole rings is 1. The van der Waals surface area contributed by atoms with Crippen LogP contribution in [0.15, 0.2) is 22.7 Å². The molecule has 2 aromatic rings. The van der Waals surface area contributed by atoms with E-state index in [1.807, 2.05) is 0 Å². The molecule has 0 radical (unpaired) electrons. The van der Waals surface area contributed by atoms with Gasteiger partial charge >= 0.3 is 0 Å². The van der Waals surface area contributed by atoms with Crippen molar-refractivity contribution < 1.29 is 0 Å². The normalized spacial score (nSPS) is 23.1. The van der Waals surface area contributed by atoms with E-state index in [0.717, 1.165) is 20.4 Å². The van der Waals surface area contributed by atoms with Crippen LogP contribution in [0, 0.1) is 0 Å². The van der Waals surface area contributed by atoms with Crippen LogP contribution in [0.3, 0.4) is 0 Å². The maximum Gasteiger partial charge on any atom is 0.184 e. The fraction of sp³-hybridized carbons (Fsp3) is 0.500. The zero-order chi connectivity index (χ0) is 13.2. The second-order valence-corrected chi connectivity index (χ2v) is 8.27. The maximum atomic E-state index is 4.70.